The fraction of sp³-hybridized carbons (Fsp3) is 0.500. The van der Waals surface area contributed by atoms with E-state index >= 15 is 0 Å². The van der Waals surface area contributed by atoms with E-state index in [-0.39, 0.29) is 11.9 Å². The molecule has 1 atom stereocenters. The molecule has 1 heterocycles. The maximum atomic E-state index is 11.4. The number of benzene rings is 1. The lowest BCUT2D eigenvalue weighted by atomic mass is 10.1. The average Bonchev–Trinajstić information content (AvgIpc) is 2.75. The Morgan fingerprint density at radius 1 is 1.50 bits per heavy atom. The minimum absolute atomic E-state index is 0.0159. The minimum Gasteiger partial charge on any atom is -0.491 e. The molecule has 98 valence electrons. The number of Topliss-reactive ketones (excluding diaryl/α,β-unsaturated/α-hetero) is 1. The fourth-order valence-electron chi connectivity index (χ4n) is 2.18. The van der Waals surface area contributed by atoms with Crippen molar-refractivity contribution < 1.29 is 14.6 Å². The number of hydrogen-bond acceptors (Lipinski definition) is 4. The molecule has 1 unspecified atom stereocenters. The van der Waals surface area contributed by atoms with Gasteiger partial charge in [-0.2, -0.15) is 0 Å². The quantitative estimate of drug-likeness (QED) is 0.800. The molecule has 1 aromatic carbocycles. The number of para-hydroxylation sites is 1. The van der Waals surface area contributed by atoms with Gasteiger partial charge in [-0.05, 0) is 25.5 Å². The van der Waals surface area contributed by atoms with Crippen LogP contribution in [0.1, 0.15) is 23.7 Å². The van der Waals surface area contributed by atoms with Gasteiger partial charge in [0.25, 0.3) is 0 Å². The Morgan fingerprint density at radius 2 is 2.28 bits per heavy atom. The summed E-state index contributed by atoms with van der Waals surface area (Å²) in [6.07, 6.45) is 0.638. The van der Waals surface area contributed by atoms with Crippen molar-refractivity contribution in [3.8, 4) is 5.75 Å². The number of likely N-dealkylation sites (tertiary alicyclic amines) is 1. The number of rotatable bonds is 5. The normalized spacial score (nSPS) is 20.0. The largest absolute Gasteiger partial charge is 0.491 e. The van der Waals surface area contributed by atoms with Gasteiger partial charge in [0.15, 0.2) is 5.78 Å². The minimum atomic E-state index is -0.200. The summed E-state index contributed by atoms with van der Waals surface area (Å²) in [5.41, 5.74) is 0.624. The highest BCUT2D eigenvalue weighted by Gasteiger charge is 2.19. The van der Waals surface area contributed by atoms with Crippen LogP contribution in [0.25, 0.3) is 0 Å². The van der Waals surface area contributed by atoms with Gasteiger partial charge in [-0.3, -0.25) is 9.69 Å². The molecule has 1 aliphatic rings. The van der Waals surface area contributed by atoms with Crippen molar-refractivity contribution in [3.05, 3.63) is 29.8 Å². The Kier molecular flexibility index (Phi) is 4.33. The van der Waals surface area contributed by atoms with E-state index in [9.17, 15) is 9.90 Å². The molecule has 1 aliphatic heterocycles. The summed E-state index contributed by atoms with van der Waals surface area (Å²) in [7, 11) is 0. The van der Waals surface area contributed by atoms with Crippen molar-refractivity contribution >= 4 is 5.78 Å². The molecule has 1 aromatic rings. The lowest BCUT2D eigenvalue weighted by Crippen LogP contribution is -2.27. The second-order valence-electron chi connectivity index (χ2n) is 4.64. The van der Waals surface area contributed by atoms with Crippen molar-refractivity contribution in [3.63, 3.8) is 0 Å². The standard InChI is InChI=1S/C14H19NO3/c1-11(16)13-4-2-3-5-14(13)18-9-8-15-7-6-12(17)10-15/h2-5,12,17H,6-10H2,1H3. The molecule has 4 nitrogen and oxygen atoms in total. The number of ketones is 1. The first-order chi connectivity index (χ1) is 8.66. The first-order valence-electron chi connectivity index (χ1n) is 6.30. The third-order valence-electron chi connectivity index (χ3n) is 3.18. The number of aliphatic hydroxyl groups excluding tert-OH is 1. The van der Waals surface area contributed by atoms with E-state index in [1.807, 2.05) is 18.2 Å². The van der Waals surface area contributed by atoms with Crippen LogP contribution in [-0.4, -0.2) is 48.1 Å². The van der Waals surface area contributed by atoms with E-state index in [2.05, 4.69) is 4.90 Å². The summed E-state index contributed by atoms with van der Waals surface area (Å²) in [6.45, 7) is 4.50. The van der Waals surface area contributed by atoms with E-state index in [0.717, 1.165) is 26.1 Å². The zero-order valence-corrected chi connectivity index (χ0v) is 10.6. The van der Waals surface area contributed by atoms with Crippen LogP contribution in [0.4, 0.5) is 0 Å². The van der Waals surface area contributed by atoms with Gasteiger partial charge >= 0.3 is 0 Å². The zero-order valence-electron chi connectivity index (χ0n) is 10.6. The second kappa shape index (κ2) is 5.98. The van der Waals surface area contributed by atoms with Gasteiger partial charge in [0.1, 0.15) is 12.4 Å². The molecule has 4 heteroatoms. The van der Waals surface area contributed by atoms with E-state index in [1.165, 1.54) is 0 Å². The molecule has 0 aliphatic carbocycles. The van der Waals surface area contributed by atoms with Crippen molar-refractivity contribution in [2.45, 2.75) is 19.4 Å². The predicted molar refractivity (Wildman–Crippen MR) is 69.0 cm³/mol. The smallest absolute Gasteiger partial charge is 0.163 e. The predicted octanol–water partition coefficient (Wildman–Crippen LogP) is 1.33. The Balaban J connectivity index is 1.85. The summed E-state index contributed by atoms with van der Waals surface area (Å²) in [6, 6.07) is 7.29. The molecule has 0 amide bonds. The molecule has 0 radical (unpaired) electrons. The van der Waals surface area contributed by atoms with Crippen LogP contribution in [0.3, 0.4) is 0 Å². The molecular formula is C14H19NO3. The highest BCUT2D eigenvalue weighted by atomic mass is 16.5. The highest BCUT2D eigenvalue weighted by Crippen LogP contribution is 2.18. The first kappa shape index (κ1) is 13.1. The summed E-state index contributed by atoms with van der Waals surface area (Å²) >= 11 is 0. The van der Waals surface area contributed by atoms with Crippen molar-refractivity contribution in [2.24, 2.45) is 0 Å². The third-order valence-corrected chi connectivity index (χ3v) is 3.18. The van der Waals surface area contributed by atoms with Crippen LogP contribution >= 0.6 is 0 Å². The third kappa shape index (κ3) is 3.31. The number of ether oxygens (including phenoxy) is 1. The van der Waals surface area contributed by atoms with Crippen LogP contribution < -0.4 is 4.74 Å². The monoisotopic (exact) mass is 249 g/mol. The van der Waals surface area contributed by atoms with Crippen LogP contribution in [0.15, 0.2) is 24.3 Å². The van der Waals surface area contributed by atoms with E-state index in [4.69, 9.17) is 4.74 Å². The number of β-amino-alcohol motifs (C(OH)–C–C–N with tert-alkyl or cyclic N) is 1. The Bertz CT molecular complexity index is 419. The van der Waals surface area contributed by atoms with Crippen molar-refractivity contribution in [1.82, 2.24) is 4.90 Å². The van der Waals surface area contributed by atoms with Crippen LogP contribution in [0, 0.1) is 0 Å². The van der Waals surface area contributed by atoms with Gasteiger partial charge in [0.05, 0.1) is 11.7 Å². The summed E-state index contributed by atoms with van der Waals surface area (Å²) in [5.74, 6) is 0.659. The first-order valence-corrected chi connectivity index (χ1v) is 6.30. The Morgan fingerprint density at radius 3 is 2.94 bits per heavy atom. The molecule has 0 spiro atoms. The van der Waals surface area contributed by atoms with E-state index in [1.54, 1.807) is 13.0 Å². The molecule has 2 rings (SSSR count). The highest BCUT2D eigenvalue weighted by molar-refractivity contribution is 5.96. The van der Waals surface area contributed by atoms with Gasteiger partial charge in [-0.15, -0.1) is 0 Å². The van der Waals surface area contributed by atoms with E-state index < -0.39 is 0 Å². The Hall–Kier alpha value is -1.39. The molecule has 0 aromatic heterocycles. The lowest BCUT2D eigenvalue weighted by Gasteiger charge is -2.16. The van der Waals surface area contributed by atoms with Gasteiger partial charge in [0, 0.05) is 19.6 Å². The number of hydrogen-bond donors (Lipinski definition) is 1. The second-order valence-corrected chi connectivity index (χ2v) is 4.64. The molecule has 0 saturated carbocycles. The van der Waals surface area contributed by atoms with Crippen LogP contribution in [-0.2, 0) is 0 Å². The number of carbonyl (C=O) groups excluding carboxylic acids is 1. The van der Waals surface area contributed by atoms with Gasteiger partial charge in [-0.25, -0.2) is 0 Å². The topological polar surface area (TPSA) is 49.8 Å². The number of nitrogens with zero attached hydrogens (tertiary/aromatic N) is 1. The summed E-state index contributed by atoms with van der Waals surface area (Å²) in [5, 5.41) is 9.41. The van der Waals surface area contributed by atoms with Crippen LogP contribution in [0.2, 0.25) is 0 Å². The van der Waals surface area contributed by atoms with E-state index in [0.29, 0.717) is 17.9 Å². The van der Waals surface area contributed by atoms with Crippen molar-refractivity contribution in [2.75, 3.05) is 26.2 Å². The fourth-order valence-corrected chi connectivity index (χ4v) is 2.18. The van der Waals surface area contributed by atoms with Gasteiger partial charge in [0.2, 0.25) is 0 Å². The molecule has 18 heavy (non-hydrogen) atoms. The van der Waals surface area contributed by atoms with Crippen molar-refractivity contribution in [1.29, 1.82) is 0 Å². The number of aliphatic hydroxyl groups is 1. The number of carbonyl (C=O) groups is 1. The summed E-state index contributed by atoms with van der Waals surface area (Å²) in [4.78, 5) is 13.6. The van der Waals surface area contributed by atoms with Gasteiger partial charge < -0.3 is 9.84 Å². The molecule has 1 N–H and O–H groups in total. The zero-order chi connectivity index (χ0) is 13.0. The van der Waals surface area contributed by atoms with Gasteiger partial charge in [-0.1, -0.05) is 12.1 Å². The molecular weight excluding hydrogens is 230 g/mol. The molecule has 1 saturated heterocycles. The average molecular weight is 249 g/mol. The summed E-state index contributed by atoms with van der Waals surface area (Å²) < 4.78 is 5.65. The van der Waals surface area contributed by atoms with Crippen LogP contribution in [0.5, 0.6) is 5.75 Å². The Labute approximate surface area is 107 Å². The molecule has 1 fully saturated rings. The SMILES string of the molecule is CC(=O)c1ccccc1OCCN1CCC(O)C1. The maximum Gasteiger partial charge on any atom is 0.163 e. The lowest BCUT2D eigenvalue weighted by molar-refractivity contribution is 0.101. The maximum absolute atomic E-state index is 11.4. The molecule has 0 bridgehead atoms.